The fourth-order valence-electron chi connectivity index (χ4n) is 1.98. The largest absolute Gasteiger partial charge is 0.321 e. The van der Waals surface area contributed by atoms with Crippen LogP contribution < -0.4 is 5.32 Å². The molecule has 0 aromatic heterocycles. The molecule has 0 aliphatic rings. The fraction of sp³-hybridized carbons (Fsp3) is 0.438. The predicted molar refractivity (Wildman–Crippen MR) is 80.9 cm³/mol. The van der Waals surface area contributed by atoms with Gasteiger partial charge in [-0.05, 0) is 46.3 Å². The van der Waals surface area contributed by atoms with Crippen LogP contribution >= 0.6 is 0 Å². The molecule has 0 unspecified atom stereocenters. The van der Waals surface area contributed by atoms with Crippen LogP contribution in [0.3, 0.4) is 0 Å². The molecule has 1 aromatic carbocycles. The molecule has 1 rings (SSSR count). The quantitative estimate of drug-likeness (QED) is 0.881. The SMILES string of the molecule is CCN(C(=O)N/C=C/c1cccc(C)c1)C(C)(C)C. The normalized spacial score (nSPS) is 11.6. The van der Waals surface area contributed by atoms with Gasteiger partial charge in [0.2, 0.25) is 0 Å². The molecule has 0 heterocycles. The summed E-state index contributed by atoms with van der Waals surface area (Å²) in [7, 11) is 0. The van der Waals surface area contributed by atoms with Gasteiger partial charge in [0, 0.05) is 18.3 Å². The zero-order chi connectivity index (χ0) is 14.5. The highest BCUT2D eigenvalue weighted by molar-refractivity contribution is 5.76. The summed E-state index contributed by atoms with van der Waals surface area (Å²) >= 11 is 0. The van der Waals surface area contributed by atoms with Crippen molar-refractivity contribution in [2.24, 2.45) is 0 Å². The van der Waals surface area contributed by atoms with E-state index in [0.717, 1.165) is 5.56 Å². The average Bonchev–Trinajstić information content (AvgIpc) is 2.28. The van der Waals surface area contributed by atoms with Gasteiger partial charge in [-0.15, -0.1) is 0 Å². The molecule has 1 aromatic rings. The highest BCUT2D eigenvalue weighted by Gasteiger charge is 2.23. The lowest BCUT2D eigenvalue weighted by Crippen LogP contribution is -2.48. The summed E-state index contributed by atoms with van der Waals surface area (Å²) in [4.78, 5) is 13.8. The van der Waals surface area contributed by atoms with Crippen molar-refractivity contribution in [2.75, 3.05) is 6.54 Å². The van der Waals surface area contributed by atoms with E-state index in [1.54, 1.807) is 11.1 Å². The smallest absolute Gasteiger partial charge is 0.320 e. The molecule has 3 nitrogen and oxygen atoms in total. The van der Waals surface area contributed by atoms with Gasteiger partial charge in [0.25, 0.3) is 0 Å². The number of carbonyl (C=O) groups is 1. The van der Waals surface area contributed by atoms with E-state index in [-0.39, 0.29) is 11.6 Å². The summed E-state index contributed by atoms with van der Waals surface area (Å²) in [6.45, 7) is 10.8. The number of urea groups is 1. The van der Waals surface area contributed by atoms with E-state index in [1.165, 1.54) is 5.56 Å². The van der Waals surface area contributed by atoms with E-state index >= 15 is 0 Å². The van der Waals surface area contributed by atoms with Gasteiger partial charge in [0.1, 0.15) is 0 Å². The first-order chi connectivity index (χ1) is 8.84. The lowest BCUT2D eigenvalue weighted by atomic mass is 10.1. The molecule has 2 amide bonds. The van der Waals surface area contributed by atoms with Crippen LogP contribution in [-0.2, 0) is 0 Å². The topological polar surface area (TPSA) is 32.3 Å². The summed E-state index contributed by atoms with van der Waals surface area (Å²) < 4.78 is 0. The number of hydrogen-bond donors (Lipinski definition) is 1. The van der Waals surface area contributed by atoms with Gasteiger partial charge in [-0.1, -0.05) is 29.8 Å². The van der Waals surface area contributed by atoms with Crippen LogP contribution in [-0.4, -0.2) is 23.0 Å². The molecule has 19 heavy (non-hydrogen) atoms. The fourth-order valence-corrected chi connectivity index (χ4v) is 1.98. The average molecular weight is 260 g/mol. The van der Waals surface area contributed by atoms with Crippen LogP contribution in [0.5, 0.6) is 0 Å². The number of hydrogen-bond acceptors (Lipinski definition) is 1. The van der Waals surface area contributed by atoms with Crippen LogP contribution in [0, 0.1) is 6.92 Å². The Kier molecular flexibility index (Phi) is 5.16. The second-order valence-electron chi connectivity index (χ2n) is 5.61. The van der Waals surface area contributed by atoms with Crippen LogP contribution in [0.25, 0.3) is 6.08 Å². The van der Waals surface area contributed by atoms with Crippen molar-refractivity contribution < 1.29 is 4.79 Å². The summed E-state index contributed by atoms with van der Waals surface area (Å²) in [5.74, 6) is 0. The summed E-state index contributed by atoms with van der Waals surface area (Å²) in [5, 5.41) is 2.81. The highest BCUT2D eigenvalue weighted by atomic mass is 16.2. The first-order valence-electron chi connectivity index (χ1n) is 6.66. The van der Waals surface area contributed by atoms with Gasteiger partial charge in [0.05, 0.1) is 0 Å². The van der Waals surface area contributed by atoms with E-state index in [0.29, 0.717) is 6.54 Å². The Morgan fingerprint density at radius 2 is 2.05 bits per heavy atom. The molecule has 0 aliphatic carbocycles. The molecular formula is C16H24N2O. The van der Waals surface area contributed by atoms with Crippen molar-refractivity contribution in [3.8, 4) is 0 Å². The van der Waals surface area contributed by atoms with E-state index in [9.17, 15) is 4.79 Å². The maximum Gasteiger partial charge on any atom is 0.321 e. The minimum absolute atomic E-state index is 0.0705. The van der Waals surface area contributed by atoms with E-state index in [1.807, 2.05) is 58.9 Å². The molecular weight excluding hydrogens is 236 g/mol. The molecule has 3 heteroatoms. The Bertz CT molecular complexity index is 458. The monoisotopic (exact) mass is 260 g/mol. The van der Waals surface area contributed by atoms with Gasteiger partial charge in [-0.3, -0.25) is 0 Å². The van der Waals surface area contributed by atoms with E-state index < -0.39 is 0 Å². The van der Waals surface area contributed by atoms with Gasteiger partial charge in [0.15, 0.2) is 0 Å². The molecule has 0 radical (unpaired) electrons. The maximum absolute atomic E-state index is 12.0. The second-order valence-corrected chi connectivity index (χ2v) is 5.61. The number of nitrogens with zero attached hydrogens (tertiary/aromatic N) is 1. The zero-order valence-corrected chi connectivity index (χ0v) is 12.5. The maximum atomic E-state index is 12.0. The highest BCUT2D eigenvalue weighted by Crippen LogP contribution is 2.12. The Hall–Kier alpha value is -1.77. The molecule has 1 N–H and O–H groups in total. The predicted octanol–water partition coefficient (Wildman–Crippen LogP) is 3.80. The van der Waals surface area contributed by atoms with Crippen LogP contribution in [0.4, 0.5) is 4.79 Å². The number of aryl methyl sites for hydroxylation is 1. The lowest BCUT2D eigenvalue weighted by molar-refractivity contribution is 0.153. The summed E-state index contributed by atoms with van der Waals surface area (Å²) in [5.41, 5.74) is 2.12. The van der Waals surface area contributed by atoms with E-state index in [4.69, 9.17) is 0 Å². The number of benzene rings is 1. The van der Waals surface area contributed by atoms with Gasteiger partial charge in [-0.25, -0.2) is 4.79 Å². The van der Waals surface area contributed by atoms with Crippen molar-refractivity contribution in [1.82, 2.24) is 10.2 Å². The van der Waals surface area contributed by atoms with Crippen LogP contribution in [0.1, 0.15) is 38.8 Å². The third-order valence-electron chi connectivity index (χ3n) is 2.90. The van der Waals surface area contributed by atoms with Gasteiger partial charge >= 0.3 is 6.03 Å². The Balaban J connectivity index is 2.63. The first kappa shape index (κ1) is 15.3. The summed E-state index contributed by atoms with van der Waals surface area (Å²) in [6.07, 6.45) is 3.60. The molecule has 0 aliphatic heterocycles. The molecule has 0 bridgehead atoms. The standard InChI is InChI=1S/C16H24N2O/c1-6-18(16(3,4)5)15(19)17-11-10-14-9-7-8-13(2)12-14/h7-12H,6H2,1-5H3,(H,17,19)/b11-10+. The minimum Gasteiger partial charge on any atom is -0.320 e. The first-order valence-corrected chi connectivity index (χ1v) is 6.66. The van der Waals surface area contributed by atoms with Crippen molar-refractivity contribution in [3.05, 3.63) is 41.6 Å². The number of carbonyl (C=O) groups excluding carboxylic acids is 1. The lowest BCUT2D eigenvalue weighted by Gasteiger charge is -2.34. The molecule has 0 saturated heterocycles. The second kappa shape index (κ2) is 6.41. The molecule has 104 valence electrons. The van der Waals surface area contributed by atoms with Crippen molar-refractivity contribution in [3.63, 3.8) is 0 Å². The van der Waals surface area contributed by atoms with Gasteiger partial charge in [-0.2, -0.15) is 0 Å². The molecule has 0 saturated carbocycles. The minimum atomic E-state index is -0.171. The number of rotatable bonds is 3. The van der Waals surface area contributed by atoms with Crippen LogP contribution in [0.15, 0.2) is 30.5 Å². The summed E-state index contributed by atoms with van der Waals surface area (Å²) in [6, 6.07) is 8.07. The van der Waals surface area contributed by atoms with Crippen molar-refractivity contribution in [2.45, 2.75) is 40.2 Å². The van der Waals surface area contributed by atoms with Gasteiger partial charge < -0.3 is 10.2 Å². The molecule has 0 fully saturated rings. The van der Waals surface area contributed by atoms with E-state index in [2.05, 4.69) is 11.4 Å². The molecule has 0 atom stereocenters. The number of nitrogens with one attached hydrogen (secondary N) is 1. The van der Waals surface area contributed by atoms with Crippen molar-refractivity contribution in [1.29, 1.82) is 0 Å². The Morgan fingerprint density at radius 3 is 2.58 bits per heavy atom. The van der Waals surface area contributed by atoms with Crippen molar-refractivity contribution >= 4 is 12.1 Å². The zero-order valence-electron chi connectivity index (χ0n) is 12.5. The third kappa shape index (κ3) is 4.78. The Labute approximate surface area is 116 Å². The number of amides is 2. The van der Waals surface area contributed by atoms with Crippen LogP contribution in [0.2, 0.25) is 0 Å². The third-order valence-corrected chi connectivity index (χ3v) is 2.90. The Morgan fingerprint density at radius 1 is 1.37 bits per heavy atom. The molecule has 0 spiro atoms.